The Morgan fingerprint density at radius 3 is 2.73 bits per heavy atom. The second-order valence-corrected chi connectivity index (χ2v) is 3.81. The Labute approximate surface area is 93.3 Å². The summed E-state index contributed by atoms with van der Waals surface area (Å²) in [6.07, 6.45) is 8.26. The molecule has 1 unspecified atom stereocenters. The highest BCUT2D eigenvalue weighted by molar-refractivity contribution is 5.11. The number of rotatable bonds is 1. The molecule has 2 heterocycles. The normalized spacial score (nSPS) is 20.3. The topological polar surface area (TPSA) is 15.9 Å². The largest absolute Gasteiger partial charge is 0.310 e. The second-order valence-electron chi connectivity index (χ2n) is 3.81. The third kappa shape index (κ3) is 3.63. The van der Waals surface area contributed by atoms with Crippen LogP contribution in [0.15, 0.2) is 24.5 Å². The van der Waals surface area contributed by atoms with Crippen LogP contribution in [0.5, 0.6) is 0 Å². The lowest BCUT2D eigenvalue weighted by Crippen LogP contribution is -2.32. The molecule has 1 atom stereocenters. The number of aryl methyl sites for hydroxylation is 1. The smallest absolute Gasteiger partial charge is 0.173 e. The van der Waals surface area contributed by atoms with E-state index in [9.17, 15) is 0 Å². The zero-order chi connectivity index (χ0) is 11.1. The van der Waals surface area contributed by atoms with Crippen molar-refractivity contribution in [2.24, 2.45) is 7.05 Å². The van der Waals surface area contributed by atoms with Crippen LogP contribution in [0, 0.1) is 0 Å². The van der Waals surface area contributed by atoms with Crippen molar-refractivity contribution in [3.63, 3.8) is 0 Å². The Morgan fingerprint density at radius 1 is 1.33 bits per heavy atom. The SMILES string of the molecule is CC.C[n+]1cccc(C2CCCCN2)c1. The highest BCUT2D eigenvalue weighted by atomic mass is 14.9. The summed E-state index contributed by atoms with van der Waals surface area (Å²) >= 11 is 0. The summed E-state index contributed by atoms with van der Waals surface area (Å²) in [7, 11) is 2.08. The van der Waals surface area contributed by atoms with Crippen molar-refractivity contribution in [1.82, 2.24) is 5.32 Å². The number of piperidine rings is 1. The predicted octanol–water partition coefficient (Wildman–Crippen LogP) is 2.35. The average Bonchev–Trinajstić information content (AvgIpc) is 2.33. The minimum absolute atomic E-state index is 0.584. The fourth-order valence-electron chi connectivity index (χ4n) is 1.95. The van der Waals surface area contributed by atoms with Crippen LogP contribution < -0.4 is 9.88 Å². The van der Waals surface area contributed by atoms with Gasteiger partial charge in [-0.3, -0.25) is 0 Å². The molecular weight excluding hydrogens is 184 g/mol. The molecule has 0 aromatic carbocycles. The predicted molar refractivity (Wildman–Crippen MR) is 63.6 cm³/mol. The lowest BCUT2D eigenvalue weighted by atomic mass is 9.99. The highest BCUT2D eigenvalue weighted by Gasteiger charge is 2.16. The van der Waals surface area contributed by atoms with Crippen LogP contribution in [0.2, 0.25) is 0 Å². The first-order valence-electron chi connectivity index (χ1n) is 6.05. The van der Waals surface area contributed by atoms with Gasteiger partial charge in [0, 0.05) is 17.7 Å². The molecule has 1 fully saturated rings. The third-order valence-electron chi connectivity index (χ3n) is 2.68. The van der Waals surface area contributed by atoms with Gasteiger partial charge in [0.05, 0.1) is 0 Å². The van der Waals surface area contributed by atoms with Crippen molar-refractivity contribution in [2.75, 3.05) is 6.54 Å². The van der Waals surface area contributed by atoms with Gasteiger partial charge in [-0.15, -0.1) is 0 Å². The Morgan fingerprint density at radius 2 is 2.13 bits per heavy atom. The van der Waals surface area contributed by atoms with Crippen LogP contribution in [0.3, 0.4) is 0 Å². The van der Waals surface area contributed by atoms with Gasteiger partial charge in [-0.25, -0.2) is 4.57 Å². The lowest BCUT2D eigenvalue weighted by Gasteiger charge is -2.22. The standard InChI is InChI=1S/C11H17N2.C2H6/c1-13-8-4-5-10(9-13)11-6-2-3-7-12-11;1-2/h4-5,8-9,11-12H,2-3,6-7H2,1H3;1-2H3/q+1;. The van der Waals surface area contributed by atoms with E-state index in [4.69, 9.17) is 0 Å². The summed E-state index contributed by atoms with van der Waals surface area (Å²) < 4.78 is 2.12. The molecule has 1 saturated heterocycles. The van der Waals surface area contributed by atoms with Crippen molar-refractivity contribution >= 4 is 0 Å². The van der Waals surface area contributed by atoms with Crippen molar-refractivity contribution in [3.8, 4) is 0 Å². The summed E-state index contributed by atoms with van der Waals surface area (Å²) in [5.74, 6) is 0. The van der Waals surface area contributed by atoms with Crippen molar-refractivity contribution < 1.29 is 4.57 Å². The molecule has 2 nitrogen and oxygen atoms in total. The van der Waals surface area contributed by atoms with Gasteiger partial charge in [0.2, 0.25) is 0 Å². The van der Waals surface area contributed by atoms with Gasteiger partial charge in [0.25, 0.3) is 0 Å². The van der Waals surface area contributed by atoms with Gasteiger partial charge in [-0.05, 0) is 25.5 Å². The van der Waals surface area contributed by atoms with Crippen LogP contribution in [0.25, 0.3) is 0 Å². The minimum atomic E-state index is 0.584. The molecule has 2 heteroatoms. The van der Waals surface area contributed by atoms with E-state index in [0.717, 1.165) is 0 Å². The van der Waals surface area contributed by atoms with Crippen molar-refractivity contribution in [3.05, 3.63) is 30.1 Å². The quantitative estimate of drug-likeness (QED) is 0.699. The van der Waals surface area contributed by atoms with E-state index < -0.39 is 0 Å². The van der Waals surface area contributed by atoms with Crippen LogP contribution in [0.4, 0.5) is 0 Å². The van der Waals surface area contributed by atoms with Crippen LogP contribution in [0.1, 0.15) is 44.7 Å². The molecule has 84 valence electrons. The van der Waals surface area contributed by atoms with E-state index in [1.165, 1.54) is 31.4 Å². The van der Waals surface area contributed by atoms with Gasteiger partial charge in [0.1, 0.15) is 7.05 Å². The molecule has 0 spiro atoms. The van der Waals surface area contributed by atoms with E-state index in [0.29, 0.717) is 6.04 Å². The molecule has 2 rings (SSSR count). The van der Waals surface area contributed by atoms with Crippen LogP contribution in [-0.2, 0) is 7.05 Å². The maximum absolute atomic E-state index is 3.55. The number of nitrogens with zero attached hydrogens (tertiary/aromatic N) is 1. The second kappa shape index (κ2) is 6.57. The molecule has 1 N–H and O–H groups in total. The molecule has 0 amide bonds. The first-order valence-corrected chi connectivity index (χ1v) is 6.05. The Kier molecular flexibility index (Phi) is 5.33. The van der Waals surface area contributed by atoms with Crippen LogP contribution in [-0.4, -0.2) is 6.54 Å². The maximum Gasteiger partial charge on any atom is 0.173 e. The van der Waals surface area contributed by atoms with Gasteiger partial charge in [0.15, 0.2) is 12.4 Å². The first kappa shape index (κ1) is 12.2. The fourth-order valence-corrected chi connectivity index (χ4v) is 1.95. The van der Waals surface area contributed by atoms with E-state index in [1.54, 1.807) is 0 Å². The Balaban J connectivity index is 0.000000531. The Bertz CT molecular complexity index is 278. The molecular formula is C13H23N2+. The van der Waals surface area contributed by atoms with Gasteiger partial charge < -0.3 is 5.32 Å². The summed E-state index contributed by atoms with van der Waals surface area (Å²) in [5, 5.41) is 3.55. The molecule has 1 aliphatic rings. The first-order chi connectivity index (χ1) is 7.36. The average molecular weight is 207 g/mol. The van der Waals surface area contributed by atoms with E-state index in [-0.39, 0.29) is 0 Å². The molecule has 1 aliphatic heterocycles. The van der Waals surface area contributed by atoms with Crippen molar-refractivity contribution in [1.29, 1.82) is 0 Å². The molecule has 0 bridgehead atoms. The van der Waals surface area contributed by atoms with Gasteiger partial charge >= 0.3 is 0 Å². The number of hydrogen-bond acceptors (Lipinski definition) is 1. The minimum Gasteiger partial charge on any atom is -0.310 e. The Hall–Kier alpha value is -0.890. The summed E-state index contributed by atoms with van der Waals surface area (Å²) in [6, 6.07) is 4.91. The molecule has 0 aliphatic carbocycles. The summed E-state index contributed by atoms with van der Waals surface area (Å²) in [4.78, 5) is 0. The number of hydrogen-bond donors (Lipinski definition) is 1. The molecule has 15 heavy (non-hydrogen) atoms. The highest BCUT2D eigenvalue weighted by Crippen LogP contribution is 2.21. The molecule has 0 saturated carbocycles. The van der Waals surface area contributed by atoms with Crippen molar-refractivity contribution in [2.45, 2.75) is 39.2 Å². The number of pyridine rings is 1. The fraction of sp³-hybridized carbons (Fsp3) is 0.615. The van der Waals surface area contributed by atoms with E-state index in [2.05, 4.69) is 41.5 Å². The van der Waals surface area contributed by atoms with Gasteiger partial charge in [-0.1, -0.05) is 20.3 Å². The maximum atomic E-state index is 3.55. The lowest BCUT2D eigenvalue weighted by molar-refractivity contribution is -0.672. The summed E-state index contributed by atoms with van der Waals surface area (Å²) in [6.45, 7) is 5.17. The molecule has 1 aromatic heterocycles. The number of nitrogens with one attached hydrogen (secondary N) is 1. The zero-order valence-corrected chi connectivity index (χ0v) is 10.2. The summed E-state index contributed by atoms with van der Waals surface area (Å²) in [5.41, 5.74) is 1.42. The number of aromatic nitrogens is 1. The molecule has 0 radical (unpaired) electrons. The monoisotopic (exact) mass is 207 g/mol. The van der Waals surface area contributed by atoms with E-state index >= 15 is 0 Å². The molecule has 1 aromatic rings. The zero-order valence-electron chi connectivity index (χ0n) is 10.2. The van der Waals surface area contributed by atoms with Gasteiger partial charge in [-0.2, -0.15) is 0 Å². The van der Waals surface area contributed by atoms with E-state index in [1.807, 2.05) is 13.8 Å². The van der Waals surface area contributed by atoms with Crippen LogP contribution >= 0.6 is 0 Å². The third-order valence-corrected chi connectivity index (χ3v) is 2.68.